The van der Waals surface area contributed by atoms with Gasteiger partial charge in [-0.15, -0.1) is 0 Å². The third-order valence-corrected chi connectivity index (χ3v) is 5.40. The van der Waals surface area contributed by atoms with Crippen LogP contribution in [0.1, 0.15) is 36.1 Å². The molecule has 1 atom stereocenters. The first-order chi connectivity index (χ1) is 12.4. The highest BCUT2D eigenvalue weighted by molar-refractivity contribution is 7.89. The molecule has 0 heterocycles. The zero-order valence-corrected chi connectivity index (χ0v) is 15.5. The number of carbonyl (C=O) groups is 1. The number of aryl methyl sites for hydroxylation is 1. The van der Waals surface area contributed by atoms with Crippen molar-refractivity contribution in [2.75, 3.05) is 6.54 Å². The van der Waals surface area contributed by atoms with Gasteiger partial charge < -0.3 is 5.32 Å². The van der Waals surface area contributed by atoms with Gasteiger partial charge in [0.1, 0.15) is 6.07 Å². The fourth-order valence-corrected chi connectivity index (χ4v) is 3.63. The molecule has 0 saturated heterocycles. The van der Waals surface area contributed by atoms with Gasteiger partial charge in [0.05, 0.1) is 23.0 Å². The molecule has 0 saturated carbocycles. The molecule has 0 aliphatic rings. The lowest BCUT2D eigenvalue weighted by Gasteiger charge is -2.18. The highest BCUT2D eigenvalue weighted by Gasteiger charge is 2.20. The van der Waals surface area contributed by atoms with E-state index < -0.39 is 22.5 Å². The second kappa shape index (κ2) is 8.61. The molecular weight excluding hydrogens is 350 g/mol. The molecule has 26 heavy (non-hydrogen) atoms. The maximum Gasteiger partial charge on any atom is 0.242 e. The molecule has 136 valence electrons. The Kier molecular flexibility index (Phi) is 6.50. The zero-order chi connectivity index (χ0) is 19.2. The fourth-order valence-electron chi connectivity index (χ4n) is 2.50. The Bertz CT molecular complexity index is 916. The van der Waals surface area contributed by atoms with Crippen LogP contribution in [0.2, 0.25) is 0 Å². The van der Waals surface area contributed by atoms with Gasteiger partial charge in [-0.2, -0.15) is 5.26 Å². The number of carbonyl (C=O) groups excluding carboxylic acids is 1. The van der Waals surface area contributed by atoms with E-state index in [4.69, 9.17) is 5.26 Å². The summed E-state index contributed by atoms with van der Waals surface area (Å²) in [6.45, 7) is 3.53. The van der Waals surface area contributed by atoms with Crippen LogP contribution in [0, 0.1) is 18.3 Å². The van der Waals surface area contributed by atoms with Gasteiger partial charge in [-0.3, -0.25) is 4.79 Å². The molecule has 2 aromatic rings. The van der Waals surface area contributed by atoms with Gasteiger partial charge in [-0.25, -0.2) is 13.1 Å². The summed E-state index contributed by atoms with van der Waals surface area (Å²) in [5.41, 5.74) is 2.12. The second-order valence-electron chi connectivity index (χ2n) is 5.87. The Balaban J connectivity index is 2.03. The van der Waals surface area contributed by atoms with Crippen LogP contribution in [0.25, 0.3) is 0 Å². The summed E-state index contributed by atoms with van der Waals surface area (Å²) in [6.07, 6.45) is 0.679. The van der Waals surface area contributed by atoms with Crippen LogP contribution in [0.15, 0.2) is 53.4 Å². The smallest absolute Gasteiger partial charge is 0.242 e. The fraction of sp³-hybridized carbons (Fsp3) is 0.263. The molecular formula is C19H21N3O3S. The predicted octanol–water partition coefficient (Wildman–Crippen LogP) is 2.41. The van der Waals surface area contributed by atoms with Gasteiger partial charge in [0.15, 0.2) is 0 Å². The van der Waals surface area contributed by atoms with Crippen LogP contribution in [0.4, 0.5) is 0 Å². The van der Waals surface area contributed by atoms with E-state index in [0.29, 0.717) is 6.42 Å². The number of benzene rings is 2. The van der Waals surface area contributed by atoms with Crippen molar-refractivity contribution in [3.8, 4) is 6.07 Å². The minimum Gasteiger partial charge on any atom is -0.348 e. The standard InChI is InChI=1S/C19H21N3O3S/c1-3-17(15-10-8-14(2)9-11-15)22-19(23)13-21-26(24,25)18-7-5-4-6-16(18)12-20/h4-11,17,21H,3,13H2,1-2H3,(H,22,23)/t17-/m0/s1. The first-order valence-electron chi connectivity index (χ1n) is 8.22. The Labute approximate surface area is 153 Å². The SMILES string of the molecule is CC[C@H](NC(=O)CNS(=O)(=O)c1ccccc1C#N)c1ccc(C)cc1. The van der Waals surface area contributed by atoms with E-state index in [-0.39, 0.29) is 16.5 Å². The van der Waals surface area contributed by atoms with Crippen molar-refractivity contribution in [3.05, 3.63) is 65.2 Å². The predicted molar refractivity (Wildman–Crippen MR) is 98.7 cm³/mol. The number of nitrogens with one attached hydrogen (secondary N) is 2. The van der Waals surface area contributed by atoms with Crippen molar-refractivity contribution < 1.29 is 13.2 Å². The van der Waals surface area contributed by atoms with Gasteiger partial charge >= 0.3 is 0 Å². The molecule has 0 spiro atoms. The Hall–Kier alpha value is -2.69. The average molecular weight is 371 g/mol. The maximum atomic E-state index is 12.3. The highest BCUT2D eigenvalue weighted by Crippen LogP contribution is 2.17. The molecule has 0 fully saturated rings. The topological polar surface area (TPSA) is 99.1 Å². The molecule has 2 aromatic carbocycles. The summed E-state index contributed by atoms with van der Waals surface area (Å²) in [5.74, 6) is -0.435. The molecule has 6 nitrogen and oxygen atoms in total. The summed E-state index contributed by atoms with van der Waals surface area (Å²) >= 11 is 0. The van der Waals surface area contributed by atoms with Gasteiger partial charge in [0, 0.05) is 0 Å². The van der Waals surface area contributed by atoms with Gasteiger partial charge in [0.25, 0.3) is 0 Å². The van der Waals surface area contributed by atoms with Crippen molar-refractivity contribution in [2.24, 2.45) is 0 Å². The van der Waals surface area contributed by atoms with Crippen molar-refractivity contribution in [1.29, 1.82) is 5.26 Å². The molecule has 0 bridgehead atoms. The number of nitrogens with zero attached hydrogens (tertiary/aromatic N) is 1. The molecule has 0 radical (unpaired) electrons. The van der Waals surface area contributed by atoms with Gasteiger partial charge in [-0.05, 0) is 31.0 Å². The van der Waals surface area contributed by atoms with E-state index in [1.165, 1.54) is 18.2 Å². The minimum atomic E-state index is -3.94. The van der Waals surface area contributed by atoms with E-state index in [1.807, 2.05) is 44.2 Å². The quantitative estimate of drug-likeness (QED) is 0.781. The Morgan fingerprint density at radius 2 is 1.81 bits per heavy atom. The Morgan fingerprint density at radius 3 is 2.42 bits per heavy atom. The monoisotopic (exact) mass is 371 g/mol. The van der Waals surface area contributed by atoms with Crippen LogP contribution < -0.4 is 10.0 Å². The molecule has 7 heteroatoms. The molecule has 0 unspecified atom stereocenters. The summed E-state index contributed by atoms with van der Waals surface area (Å²) < 4.78 is 26.9. The molecule has 0 aromatic heterocycles. The number of sulfonamides is 1. The van der Waals surface area contributed by atoms with Gasteiger partial charge in [0.2, 0.25) is 15.9 Å². The first kappa shape index (κ1) is 19.6. The third-order valence-electron chi connectivity index (χ3n) is 3.94. The molecule has 2 N–H and O–H groups in total. The average Bonchev–Trinajstić information content (AvgIpc) is 2.65. The summed E-state index contributed by atoms with van der Waals surface area (Å²) in [5, 5.41) is 11.9. The third kappa shape index (κ3) is 4.91. The van der Waals surface area contributed by atoms with Crippen molar-refractivity contribution in [1.82, 2.24) is 10.0 Å². The number of nitriles is 1. The zero-order valence-electron chi connectivity index (χ0n) is 14.7. The van der Waals surface area contributed by atoms with Crippen LogP contribution in [-0.4, -0.2) is 20.9 Å². The Morgan fingerprint density at radius 1 is 1.15 bits per heavy atom. The van der Waals surface area contributed by atoms with Crippen LogP contribution in [0.3, 0.4) is 0 Å². The molecule has 2 rings (SSSR count). The minimum absolute atomic E-state index is 0.0338. The van der Waals surface area contributed by atoms with E-state index in [0.717, 1.165) is 11.1 Å². The van der Waals surface area contributed by atoms with E-state index >= 15 is 0 Å². The highest BCUT2D eigenvalue weighted by atomic mass is 32.2. The number of rotatable bonds is 7. The summed E-state index contributed by atoms with van der Waals surface area (Å²) in [7, 11) is -3.94. The van der Waals surface area contributed by atoms with E-state index in [1.54, 1.807) is 6.07 Å². The second-order valence-corrected chi connectivity index (χ2v) is 7.61. The lowest BCUT2D eigenvalue weighted by molar-refractivity contribution is -0.120. The van der Waals surface area contributed by atoms with Crippen LogP contribution >= 0.6 is 0 Å². The molecule has 0 aliphatic heterocycles. The summed E-state index contributed by atoms with van der Waals surface area (Å²) in [6, 6.07) is 15.3. The normalized spacial score (nSPS) is 12.2. The number of hydrogen-bond donors (Lipinski definition) is 2. The number of amides is 1. The van der Waals surface area contributed by atoms with E-state index in [9.17, 15) is 13.2 Å². The first-order valence-corrected chi connectivity index (χ1v) is 9.70. The lowest BCUT2D eigenvalue weighted by atomic mass is 10.0. The number of hydrogen-bond acceptors (Lipinski definition) is 4. The maximum absolute atomic E-state index is 12.3. The van der Waals surface area contributed by atoms with Crippen molar-refractivity contribution >= 4 is 15.9 Å². The van der Waals surface area contributed by atoms with Crippen LogP contribution in [-0.2, 0) is 14.8 Å². The van der Waals surface area contributed by atoms with E-state index in [2.05, 4.69) is 10.0 Å². The molecule has 1 amide bonds. The van der Waals surface area contributed by atoms with Crippen LogP contribution in [0.5, 0.6) is 0 Å². The lowest BCUT2D eigenvalue weighted by Crippen LogP contribution is -2.38. The largest absolute Gasteiger partial charge is 0.348 e. The van der Waals surface area contributed by atoms with Crippen molar-refractivity contribution in [2.45, 2.75) is 31.2 Å². The van der Waals surface area contributed by atoms with Crippen molar-refractivity contribution in [3.63, 3.8) is 0 Å². The molecule has 0 aliphatic carbocycles. The van der Waals surface area contributed by atoms with Gasteiger partial charge in [-0.1, -0.05) is 48.9 Å². The summed E-state index contributed by atoms with van der Waals surface area (Å²) in [4.78, 5) is 12.0.